The lowest BCUT2D eigenvalue weighted by molar-refractivity contribution is -0.929. The second kappa shape index (κ2) is 23.6. The van der Waals surface area contributed by atoms with Gasteiger partial charge in [0.15, 0.2) is 0 Å². The van der Waals surface area contributed by atoms with Crippen LogP contribution in [0.4, 0.5) is 0 Å². The van der Waals surface area contributed by atoms with E-state index < -0.39 is 0 Å². The highest BCUT2D eigenvalue weighted by Gasteiger charge is 2.25. The molecule has 0 fully saturated rings. The molecule has 0 spiro atoms. The summed E-state index contributed by atoms with van der Waals surface area (Å²) in [5.74, 6) is 3.47. The van der Waals surface area contributed by atoms with Gasteiger partial charge in [0.2, 0.25) is 0 Å². The van der Waals surface area contributed by atoms with E-state index in [0.717, 1.165) is 23.7 Å². The van der Waals surface area contributed by atoms with E-state index in [2.05, 4.69) is 55.4 Å². The highest BCUT2D eigenvalue weighted by atomic mass is 35.5. The van der Waals surface area contributed by atoms with Gasteiger partial charge in [-0.2, -0.15) is 0 Å². The fraction of sp³-hybridized carbons (Fsp3) is 1.00. The van der Waals surface area contributed by atoms with Crippen molar-refractivity contribution in [3.05, 3.63) is 0 Å². The smallest absolute Gasteiger partial charge is 0.0786 e. The van der Waals surface area contributed by atoms with Crippen molar-refractivity contribution in [1.29, 1.82) is 0 Å². The average molecular weight is 502 g/mol. The largest absolute Gasteiger partial charge is 1.00 e. The second-order valence-electron chi connectivity index (χ2n) is 13.2. The zero-order chi connectivity index (χ0) is 25.0. The van der Waals surface area contributed by atoms with Crippen LogP contribution in [0.15, 0.2) is 0 Å². The number of quaternary nitrogens is 1. The van der Waals surface area contributed by atoms with E-state index in [1.54, 1.807) is 0 Å². The molecule has 34 heavy (non-hydrogen) atoms. The number of hydrogen-bond acceptors (Lipinski definition) is 0. The fourth-order valence-corrected chi connectivity index (χ4v) is 5.38. The Labute approximate surface area is 224 Å². The van der Waals surface area contributed by atoms with Crippen molar-refractivity contribution in [1.82, 2.24) is 0 Å². The minimum absolute atomic E-state index is 0. The molecular formula is C32H68ClN. The van der Waals surface area contributed by atoms with Gasteiger partial charge in [-0.1, -0.05) is 107 Å². The normalized spacial score (nSPS) is 12.4. The first-order chi connectivity index (χ1) is 15.7. The van der Waals surface area contributed by atoms with Gasteiger partial charge >= 0.3 is 0 Å². The van der Waals surface area contributed by atoms with Gasteiger partial charge < -0.3 is 16.9 Å². The molecule has 0 aromatic carbocycles. The maximum Gasteiger partial charge on any atom is 0.0786 e. The Morgan fingerprint density at radius 2 is 0.529 bits per heavy atom. The molecule has 0 rings (SSSR count). The van der Waals surface area contributed by atoms with Crippen molar-refractivity contribution in [3.8, 4) is 0 Å². The molecule has 0 atom stereocenters. The summed E-state index contributed by atoms with van der Waals surface area (Å²) in [6.45, 7) is 24.9. The average Bonchev–Trinajstić information content (AvgIpc) is 2.71. The number of hydrogen-bond donors (Lipinski definition) is 0. The number of halogens is 1. The van der Waals surface area contributed by atoms with Gasteiger partial charge in [0.25, 0.3) is 0 Å². The van der Waals surface area contributed by atoms with Crippen molar-refractivity contribution < 1.29 is 16.9 Å². The Morgan fingerprint density at radius 3 is 0.706 bits per heavy atom. The molecule has 208 valence electrons. The van der Waals surface area contributed by atoms with E-state index in [0.29, 0.717) is 0 Å². The van der Waals surface area contributed by atoms with Crippen molar-refractivity contribution in [2.45, 2.75) is 158 Å². The Balaban J connectivity index is 0. The number of unbranched alkanes of at least 4 members (excludes halogenated alkanes) is 8. The van der Waals surface area contributed by atoms with E-state index in [1.807, 2.05) is 0 Å². The minimum atomic E-state index is 0. The van der Waals surface area contributed by atoms with Gasteiger partial charge in [-0.3, -0.25) is 0 Å². The van der Waals surface area contributed by atoms with Crippen LogP contribution in [-0.2, 0) is 0 Å². The lowest BCUT2D eigenvalue weighted by Crippen LogP contribution is -3.00. The van der Waals surface area contributed by atoms with Gasteiger partial charge in [-0.25, -0.2) is 0 Å². The van der Waals surface area contributed by atoms with E-state index >= 15 is 0 Å². The summed E-state index contributed by atoms with van der Waals surface area (Å²) in [5.41, 5.74) is 0. The summed E-state index contributed by atoms with van der Waals surface area (Å²) < 4.78 is 1.45. The standard InChI is InChI=1S/C32H68N.ClH/c1-29(2)21-13-9-17-25-33(26-18-10-14-22-30(3)4,27-19-11-15-23-31(5)6)28-20-12-16-24-32(7)8;/h29-32H,9-28H2,1-8H3;1H/q+1;/p-1. The molecule has 0 aliphatic carbocycles. The van der Waals surface area contributed by atoms with E-state index in [1.165, 1.54) is 133 Å². The van der Waals surface area contributed by atoms with Crippen LogP contribution in [0.5, 0.6) is 0 Å². The van der Waals surface area contributed by atoms with Crippen LogP contribution in [0.3, 0.4) is 0 Å². The lowest BCUT2D eigenvalue weighted by atomic mass is 10.0. The van der Waals surface area contributed by atoms with Gasteiger partial charge in [0, 0.05) is 0 Å². The topological polar surface area (TPSA) is 0 Å². The maximum atomic E-state index is 2.38. The van der Waals surface area contributed by atoms with Crippen molar-refractivity contribution in [3.63, 3.8) is 0 Å². The van der Waals surface area contributed by atoms with E-state index in [4.69, 9.17) is 0 Å². The molecule has 1 nitrogen and oxygen atoms in total. The third-order valence-electron chi connectivity index (χ3n) is 7.66. The molecule has 0 aromatic rings. The molecule has 0 unspecified atom stereocenters. The molecule has 0 radical (unpaired) electrons. The molecule has 0 aliphatic rings. The van der Waals surface area contributed by atoms with Crippen molar-refractivity contribution in [2.75, 3.05) is 26.2 Å². The molecule has 0 aliphatic heterocycles. The number of rotatable bonds is 24. The van der Waals surface area contributed by atoms with Crippen LogP contribution in [0.1, 0.15) is 158 Å². The highest BCUT2D eigenvalue weighted by molar-refractivity contribution is 4.56. The summed E-state index contributed by atoms with van der Waals surface area (Å²) in [6.07, 6.45) is 23.0. The first-order valence-electron chi connectivity index (χ1n) is 15.5. The summed E-state index contributed by atoms with van der Waals surface area (Å²) in [4.78, 5) is 0. The first-order valence-corrected chi connectivity index (χ1v) is 15.5. The Morgan fingerprint density at radius 1 is 0.324 bits per heavy atom. The van der Waals surface area contributed by atoms with Crippen LogP contribution in [0, 0.1) is 23.7 Å². The maximum absolute atomic E-state index is 2.38. The fourth-order valence-electron chi connectivity index (χ4n) is 5.38. The molecular weight excluding hydrogens is 434 g/mol. The predicted molar refractivity (Wildman–Crippen MR) is 153 cm³/mol. The molecule has 0 saturated carbocycles. The summed E-state index contributed by atoms with van der Waals surface area (Å²) in [7, 11) is 0. The van der Waals surface area contributed by atoms with Crippen LogP contribution < -0.4 is 12.4 Å². The summed E-state index contributed by atoms with van der Waals surface area (Å²) in [5, 5.41) is 0. The molecule has 0 heterocycles. The van der Waals surface area contributed by atoms with Crippen molar-refractivity contribution >= 4 is 0 Å². The van der Waals surface area contributed by atoms with Crippen LogP contribution >= 0.6 is 0 Å². The van der Waals surface area contributed by atoms with E-state index in [-0.39, 0.29) is 12.4 Å². The van der Waals surface area contributed by atoms with Crippen LogP contribution in [0.25, 0.3) is 0 Å². The third-order valence-corrected chi connectivity index (χ3v) is 7.66. The first kappa shape index (κ1) is 36.4. The second-order valence-corrected chi connectivity index (χ2v) is 13.2. The zero-order valence-electron chi connectivity index (χ0n) is 25.3. The van der Waals surface area contributed by atoms with Gasteiger partial charge in [0.1, 0.15) is 0 Å². The summed E-state index contributed by atoms with van der Waals surface area (Å²) in [6, 6.07) is 0. The predicted octanol–water partition coefficient (Wildman–Crippen LogP) is 7.67. The van der Waals surface area contributed by atoms with Crippen LogP contribution in [-0.4, -0.2) is 30.7 Å². The third kappa shape index (κ3) is 24.0. The van der Waals surface area contributed by atoms with Gasteiger partial charge in [-0.05, 0) is 75.0 Å². The molecule has 0 aromatic heterocycles. The quantitative estimate of drug-likeness (QED) is 0.0939. The van der Waals surface area contributed by atoms with E-state index in [9.17, 15) is 0 Å². The molecule has 0 amide bonds. The summed E-state index contributed by atoms with van der Waals surface area (Å²) >= 11 is 0. The monoisotopic (exact) mass is 502 g/mol. The minimum Gasteiger partial charge on any atom is -1.00 e. The Hall–Kier alpha value is 0.250. The highest BCUT2D eigenvalue weighted by Crippen LogP contribution is 2.21. The van der Waals surface area contributed by atoms with Gasteiger partial charge in [-0.15, -0.1) is 0 Å². The molecule has 0 bridgehead atoms. The molecule has 0 N–H and O–H groups in total. The van der Waals surface area contributed by atoms with Crippen LogP contribution in [0.2, 0.25) is 0 Å². The Kier molecular flexibility index (Phi) is 25.3. The Bertz CT molecular complexity index is 324. The number of nitrogens with zero attached hydrogens (tertiary/aromatic N) is 1. The SMILES string of the molecule is CC(C)CCCCC[N+](CCCCCC(C)C)(CCCCCC(C)C)CCCCCC(C)C.[Cl-]. The molecule has 2 heteroatoms. The lowest BCUT2D eigenvalue weighted by Gasteiger charge is -2.40. The van der Waals surface area contributed by atoms with Gasteiger partial charge in [0.05, 0.1) is 26.2 Å². The molecule has 0 saturated heterocycles. The zero-order valence-corrected chi connectivity index (χ0v) is 26.0. The van der Waals surface area contributed by atoms with Crippen molar-refractivity contribution in [2.24, 2.45) is 23.7 Å².